The molecule has 1 saturated carbocycles. The highest BCUT2D eigenvalue weighted by Gasteiger charge is 2.33. The first kappa shape index (κ1) is 20.8. The molecule has 1 aliphatic heterocycles. The van der Waals surface area contributed by atoms with Crippen LogP contribution >= 0.6 is 0 Å². The van der Waals surface area contributed by atoms with Crippen molar-refractivity contribution in [3.05, 3.63) is 39.4 Å². The number of anilines is 1. The summed E-state index contributed by atoms with van der Waals surface area (Å²) in [5, 5.41) is 19.7. The van der Waals surface area contributed by atoms with E-state index in [-0.39, 0.29) is 36.2 Å². The Morgan fingerprint density at radius 3 is 2.70 bits per heavy atom. The zero-order valence-corrected chi connectivity index (χ0v) is 17.1. The van der Waals surface area contributed by atoms with Crippen LogP contribution in [0.5, 0.6) is 0 Å². The molecule has 1 aromatic heterocycles. The van der Waals surface area contributed by atoms with E-state index >= 15 is 4.39 Å². The molecule has 0 spiro atoms. The number of nitrogens with zero attached hydrogens (tertiary/aromatic N) is 2. The molecule has 0 bridgehead atoms. The van der Waals surface area contributed by atoms with Crippen molar-refractivity contribution in [2.45, 2.75) is 57.7 Å². The molecule has 2 heterocycles. The van der Waals surface area contributed by atoms with Gasteiger partial charge in [0.1, 0.15) is 11.4 Å². The van der Waals surface area contributed by atoms with Gasteiger partial charge in [-0.25, -0.2) is 9.18 Å². The number of esters is 1. The molecule has 1 saturated heterocycles. The molecule has 1 atom stereocenters. The van der Waals surface area contributed by atoms with E-state index in [0.29, 0.717) is 29.7 Å². The number of carbonyl (C=O) groups excluding carboxylic acids is 1. The standard InChI is InChI=1S/C22H27FN2O5/c1-2-30-22(29)16-11-25(14-5-6-14)19-15(21(16)28)10-18(23)20(17(19)12-27)24-8-3-4-13(24)7-9-26/h10-11,13-14,26-27H,2-9,12H2,1H3. The molecule has 1 aliphatic carbocycles. The maximum Gasteiger partial charge on any atom is 0.343 e. The van der Waals surface area contributed by atoms with Gasteiger partial charge in [-0.2, -0.15) is 0 Å². The number of ether oxygens (including phenoxy) is 1. The Hall–Kier alpha value is -2.45. The zero-order chi connectivity index (χ0) is 21.4. The Morgan fingerprint density at radius 1 is 1.30 bits per heavy atom. The number of aliphatic hydroxyl groups is 2. The molecule has 2 aromatic rings. The Morgan fingerprint density at radius 2 is 2.07 bits per heavy atom. The van der Waals surface area contributed by atoms with Crippen molar-refractivity contribution < 1.29 is 24.1 Å². The zero-order valence-electron chi connectivity index (χ0n) is 17.1. The summed E-state index contributed by atoms with van der Waals surface area (Å²) in [5.74, 6) is -1.33. The van der Waals surface area contributed by atoms with Gasteiger partial charge in [0.15, 0.2) is 0 Å². The van der Waals surface area contributed by atoms with Gasteiger partial charge in [0.05, 0.1) is 24.4 Å². The first-order chi connectivity index (χ1) is 14.5. The maximum atomic E-state index is 15.4. The van der Waals surface area contributed by atoms with Gasteiger partial charge in [-0.1, -0.05) is 0 Å². The van der Waals surface area contributed by atoms with E-state index in [2.05, 4.69) is 0 Å². The van der Waals surface area contributed by atoms with Gasteiger partial charge >= 0.3 is 5.97 Å². The summed E-state index contributed by atoms with van der Waals surface area (Å²) in [6, 6.07) is 1.26. The van der Waals surface area contributed by atoms with Crippen molar-refractivity contribution in [1.82, 2.24) is 4.57 Å². The Bertz CT molecular complexity index is 1030. The highest BCUT2D eigenvalue weighted by Crippen LogP contribution is 2.41. The van der Waals surface area contributed by atoms with Crippen molar-refractivity contribution in [2.75, 3.05) is 24.7 Å². The number of aliphatic hydroxyl groups excluding tert-OH is 2. The quantitative estimate of drug-likeness (QED) is 0.672. The summed E-state index contributed by atoms with van der Waals surface area (Å²) in [5.41, 5.74) is 0.414. The van der Waals surface area contributed by atoms with Crippen LogP contribution in [0.2, 0.25) is 0 Å². The predicted octanol–water partition coefficient (Wildman–Crippen LogP) is 2.50. The predicted molar refractivity (Wildman–Crippen MR) is 110 cm³/mol. The van der Waals surface area contributed by atoms with Crippen LogP contribution in [0.1, 0.15) is 61.0 Å². The number of rotatable bonds is 7. The van der Waals surface area contributed by atoms with E-state index in [1.165, 1.54) is 12.3 Å². The number of carbonyl (C=O) groups is 1. The average molecular weight is 418 g/mol. The van der Waals surface area contributed by atoms with Crippen molar-refractivity contribution in [2.24, 2.45) is 0 Å². The molecule has 2 fully saturated rings. The van der Waals surface area contributed by atoms with E-state index < -0.39 is 23.8 Å². The molecular formula is C22H27FN2O5. The molecule has 4 rings (SSSR count). The first-order valence-electron chi connectivity index (χ1n) is 10.6. The molecular weight excluding hydrogens is 391 g/mol. The fourth-order valence-electron chi connectivity index (χ4n) is 4.59. The van der Waals surface area contributed by atoms with Crippen LogP contribution in [0.15, 0.2) is 17.1 Å². The van der Waals surface area contributed by atoms with Gasteiger partial charge in [0, 0.05) is 42.4 Å². The molecule has 0 radical (unpaired) electrons. The van der Waals surface area contributed by atoms with Crippen molar-refractivity contribution in [1.29, 1.82) is 0 Å². The minimum absolute atomic E-state index is 0.000504. The molecule has 2 aliphatic rings. The average Bonchev–Trinajstić information content (AvgIpc) is 3.47. The Labute approximate surface area is 173 Å². The van der Waals surface area contributed by atoms with Gasteiger partial charge in [0.25, 0.3) is 0 Å². The topological polar surface area (TPSA) is 92.0 Å². The number of halogens is 1. The van der Waals surface area contributed by atoms with Crippen molar-refractivity contribution in [3.63, 3.8) is 0 Å². The Kier molecular flexibility index (Phi) is 5.79. The summed E-state index contributed by atoms with van der Waals surface area (Å²) < 4.78 is 22.2. The smallest absolute Gasteiger partial charge is 0.343 e. The van der Waals surface area contributed by atoms with Crippen molar-refractivity contribution in [3.8, 4) is 0 Å². The van der Waals surface area contributed by atoms with Crippen molar-refractivity contribution >= 4 is 22.6 Å². The third-order valence-corrected chi connectivity index (χ3v) is 6.06. The molecule has 1 unspecified atom stereocenters. The molecule has 162 valence electrons. The lowest BCUT2D eigenvalue weighted by atomic mass is 10.0. The second-order valence-corrected chi connectivity index (χ2v) is 7.97. The van der Waals surface area contributed by atoms with Gasteiger partial charge in [0.2, 0.25) is 5.43 Å². The fraction of sp³-hybridized carbons (Fsp3) is 0.545. The Balaban J connectivity index is 1.98. The summed E-state index contributed by atoms with van der Waals surface area (Å²) in [4.78, 5) is 27.3. The maximum absolute atomic E-state index is 15.4. The van der Waals surface area contributed by atoms with Crippen LogP contribution in [0, 0.1) is 5.82 Å². The largest absolute Gasteiger partial charge is 0.462 e. The summed E-state index contributed by atoms with van der Waals surface area (Å²) >= 11 is 0. The molecule has 30 heavy (non-hydrogen) atoms. The third kappa shape index (κ3) is 3.48. The number of pyridine rings is 1. The van der Waals surface area contributed by atoms with Crippen LogP contribution in [0.3, 0.4) is 0 Å². The highest BCUT2D eigenvalue weighted by atomic mass is 19.1. The number of hydrogen-bond acceptors (Lipinski definition) is 6. The second-order valence-electron chi connectivity index (χ2n) is 7.97. The first-order valence-corrected chi connectivity index (χ1v) is 10.6. The van der Waals surface area contributed by atoms with Gasteiger partial charge in [-0.05, 0) is 45.1 Å². The monoisotopic (exact) mass is 418 g/mol. The minimum atomic E-state index is -0.726. The lowest BCUT2D eigenvalue weighted by molar-refractivity contribution is 0.0524. The number of fused-ring (bicyclic) bond motifs is 1. The minimum Gasteiger partial charge on any atom is -0.462 e. The van der Waals surface area contributed by atoms with Crippen LogP contribution in [0.4, 0.5) is 10.1 Å². The van der Waals surface area contributed by atoms with Crippen LogP contribution in [-0.2, 0) is 11.3 Å². The SMILES string of the molecule is CCOC(=O)c1cn(C2CC2)c2c(CO)c(N3CCCC3CCO)c(F)cc2c1=O. The summed E-state index contributed by atoms with van der Waals surface area (Å²) in [6.07, 6.45) is 5.48. The van der Waals surface area contributed by atoms with E-state index in [1.54, 1.807) is 6.92 Å². The number of aromatic nitrogens is 1. The van der Waals surface area contributed by atoms with E-state index in [0.717, 1.165) is 25.7 Å². The normalized spacial score (nSPS) is 18.9. The second kappa shape index (κ2) is 8.35. The van der Waals surface area contributed by atoms with E-state index in [1.807, 2.05) is 9.47 Å². The summed E-state index contributed by atoms with van der Waals surface area (Å²) in [7, 11) is 0. The fourth-order valence-corrected chi connectivity index (χ4v) is 4.59. The lowest BCUT2D eigenvalue weighted by Crippen LogP contribution is -2.32. The lowest BCUT2D eigenvalue weighted by Gasteiger charge is -2.30. The number of benzene rings is 1. The van der Waals surface area contributed by atoms with E-state index in [9.17, 15) is 19.8 Å². The summed E-state index contributed by atoms with van der Waals surface area (Å²) in [6.45, 7) is 1.98. The van der Waals surface area contributed by atoms with Gasteiger partial charge in [-0.15, -0.1) is 0 Å². The van der Waals surface area contributed by atoms with Crippen LogP contribution < -0.4 is 10.3 Å². The van der Waals surface area contributed by atoms with Crippen LogP contribution in [0.25, 0.3) is 10.9 Å². The van der Waals surface area contributed by atoms with Gasteiger partial charge in [-0.3, -0.25) is 4.79 Å². The molecule has 2 N–H and O–H groups in total. The van der Waals surface area contributed by atoms with Gasteiger partial charge < -0.3 is 24.4 Å². The molecule has 0 amide bonds. The molecule has 7 nitrogen and oxygen atoms in total. The third-order valence-electron chi connectivity index (χ3n) is 6.06. The molecule has 8 heteroatoms. The highest BCUT2D eigenvalue weighted by molar-refractivity contribution is 5.96. The van der Waals surface area contributed by atoms with Crippen LogP contribution in [-0.4, -0.2) is 46.5 Å². The number of hydrogen-bond donors (Lipinski definition) is 2. The molecule has 1 aromatic carbocycles. The van der Waals surface area contributed by atoms with E-state index in [4.69, 9.17) is 4.74 Å².